The van der Waals surface area contributed by atoms with E-state index in [0.717, 1.165) is 32.1 Å². The van der Waals surface area contributed by atoms with Crippen LogP contribution in [0.5, 0.6) is 0 Å². The van der Waals surface area contributed by atoms with Gasteiger partial charge >= 0.3 is 5.97 Å². The van der Waals surface area contributed by atoms with E-state index in [4.69, 9.17) is 14.2 Å². The van der Waals surface area contributed by atoms with Crippen LogP contribution in [0.3, 0.4) is 0 Å². The highest BCUT2D eigenvalue weighted by molar-refractivity contribution is 5.71. The van der Waals surface area contributed by atoms with Crippen LogP contribution >= 0.6 is 0 Å². The number of fused-ring (bicyclic) bond motifs is 1. The summed E-state index contributed by atoms with van der Waals surface area (Å²) in [6.45, 7) is 0. The largest absolute Gasteiger partial charge is 0.481 e. The maximum Gasteiger partial charge on any atom is 0.306 e. The minimum atomic E-state index is -0.685. The van der Waals surface area contributed by atoms with E-state index in [1.807, 2.05) is 0 Å². The van der Waals surface area contributed by atoms with Crippen molar-refractivity contribution in [2.75, 3.05) is 0 Å². The second-order valence-electron chi connectivity index (χ2n) is 6.84. The van der Waals surface area contributed by atoms with Gasteiger partial charge in [0, 0.05) is 12.3 Å². The van der Waals surface area contributed by atoms with E-state index in [0.29, 0.717) is 24.5 Å². The zero-order valence-corrected chi connectivity index (χ0v) is 10.7. The van der Waals surface area contributed by atoms with Crippen LogP contribution in [0, 0.1) is 17.8 Å². The topological polar surface area (TPSA) is 74.9 Å². The molecule has 5 unspecified atom stereocenters. The van der Waals surface area contributed by atoms with Gasteiger partial charge in [0.05, 0.1) is 18.1 Å². The van der Waals surface area contributed by atoms with Crippen molar-refractivity contribution in [2.24, 2.45) is 17.8 Å². The fraction of sp³-hybridized carbons (Fsp3) is 0.929. The summed E-state index contributed by atoms with van der Waals surface area (Å²) in [7, 11) is 0. The first-order valence-corrected chi connectivity index (χ1v) is 7.42. The highest BCUT2D eigenvalue weighted by atomic mass is 17.0. The van der Waals surface area contributed by atoms with Crippen LogP contribution < -0.4 is 0 Å². The van der Waals surface area contributed by atoms with Gasteiger partial charge in [0.2, 0.25) is 11.6 Å². The lowest BCUT2D eigenvalue weighted by molar-refractivity contribution is -0.150. The van der Waals surface area contributed by atoms with Crippen molar-refractivity contribution in [2.45, 2.75) is 62.3 Å². The fourth-order valence-electron chi connectivity index (χ4n) is 4.64. The van der Waals surface area contributed by atoms with Crippen LogP contribution in [-0.4, -0.2) is 34.9 Å². The number of carboxylic acids is 1. The third-order valence-corrected chi connectivity index (χ3v) is 5.86. The molecule has 5 nitrogen and oxygen atoms in total. The van der Waals surface area contributed by atoms with Gasteiger partial charge in [-0.1, -0.05) is 0 Å². The lowest BCUT2D eigenvalue weighted by Crippen LogP contribution is -2.35. The summed E-state index contributed by atoms with van der Waals surface area (Å²) in [5.74, 6) is -1.23. The monoisotopic (exact) mass is 266 g/mol. The molecule has 1 N–H and O–H groups in total. The first-order chi connectivity index (χ1) is 9.14. The molecule has 5 atom stereocenters. The van der Waals surface area contributed by atoms with Crippen molar-refractivity contribution in [1.82, 2.24) is 0 Å². The Balaban J connectivity index is 1.35. The summed E-state index contributed by atoms with van der Waals surface area (Å²) < 4.78 is 17.0. The van der Waals surface area contributed by atoms with Gasteiger partial charge in [-0.3, -0.25) is 4.79 Å². The molecule has 0 aromatic rings. The summed E-state index contributed by atoms with van der Waals surface area (Å²) in [6.07, 6.45) is 6.71. The van der Waals surface area contributed by atoms with Crippen molar-refractivity contribution in [3.05, 3.63) is 0 Å². The van der Waals surface area contributed by atoms with Crippen molar-refractivity contribution < 1.29 is 24.1 Å². The third kappa shape index (κ3) is 1.33. The van der Waals surface area contributed by atoms with Crippen LogP contribution in [-0.2, 0) is 19.0 Å². The summed E-state index contributed by atoms with van der Waals surface area (Å²) in [4.78, 5) is 11.5. The minimum absolute atomic E-state index is 0.0408. The Morgan fingerprint density at radius 1 is 1.21 bits per heavy atom. The molecule has 19 heavy (non-hydrogen) atoms. The van der Waals surface area contributed by atoms with Gasteiger partial charge in [-0.15, -0.1) is 0 Å². The highest BCUT2D eigenvalue weighted by Gasteiger charge is 2.95. The van der Waals surface area contributed by atoms with Crippen LogP contribution in [0.2, 0.25) is 0 Å². The molecule has 0 radical (unpaired) electrons. The molecule has 0 spiro atoms. The van der Waals surface area contributed by atoms with E-state index in [9.17, 15) is 9.90 Å². The molecule has 2 saturated carbocycles. The van der Waals surface area contributed by atoms with Gasteiger partial charge < -0.3 is 19.3 Å². The van der Waals surface area contributed by atoms with Gasteiger partial charge in [-0.2, -0.15) is 0 Å². The number of ether oxygens (including phenoxy) is 3. The van der Waals surface area contributed by atoms with Crippen molar-refractivity contribution in [1.29, 1.82) is 0 Å². The Hall–Kier alpha value is -0.650. The van der Waals surface area contributed by atoms with E-state index >= 15 is 0 Å². The zero-order valence-electron chi connectivity index (χ0n) is 10.7. The van der Waals surface area contributed by atoms with Crippen LogP contribution in [0.25, 0.3) is 0 Å². The van der Waals surface area contributed by atoms with Crippen LogP contribution in [0.15, 0.2) is 0 Å². The number of hydrogen-bond acceptors (Lipinski definition) is 4. The average Bonchev–Trinajstić information content (AvgIpc) is 3.22. The Morgan fingerprint density at radius 2 is 2.05 bits per heavy atom. The number of hydrogen-bond donors (Lipinski definition) is 1. The Morgan fingerprint density at radius 3 is 2.79 bits per heavy atom. The fourth-order valence-corrected chi connectivity index (χ4v) is 4.64. The van der Waals surface area contributed by atoms with Gasteiger partial charge in [0.15, 0.2) is 0 Å². The maximum atomic E-state index is 11.5. The van der Waals surface area contributed by atoms with Crippen LogP contribution in [0.1, 0.15) is 38.5 Å². The van der Waals surface area contributed by atoms with Crippen molar-refractivity contribution in [3.8, 4) is 0 Å². The SMILES string of the molecule is O=C(O)C1CCC23OC2(O3)C1CC1CCC2OC2C1. The molecule has 2 aliphatic carbocycles. The second-order valence-corrected chi connectivity index (χ2v) is 6.84. The van der Waals surface area contributed by atoms with Gasteiger partial charge in [0.25, 0.3) is 0 Å². The van der Waals surface area contributed by atoms with E-state index in [-0.39, 0.29) is 17.6 Å². The number of aliphatic carboxylic acids is 1. The second kappa shape index (κ2) is 3.15. The first kappa shape index (κ1) is 11.1. The Kier molecular flexibility index (Phi) is 1.84. The summed E-state index contributed by atoms with van der Waals surface area (Å²) in [5.41, 5.74) is 0. The van der Waals surface area contributed by atoms with Gasteiger partial charge in [-0.05, 0) is 38.0 Å². The molecule has 0 bridgehead atoms. The molecule has 5 heteroatoms. The molecule has 3 saturated heterocycles. The quantitative estimate of drug-likeness (QED) is 0.784. The normalized spacial score (nSPS) is 60.5. The molecule has 104 valence electrons. The van der Waals surface area contributed by atoms with E-state index < -0.39 is 11.8 Å². The zero-order chi connectivity index (χ0) is 12.8. The lowest BCUT2D eigenvalue weighted by atomic mass is 9.72. The molecule has 3 aliphatic heterocycles. The van der Waals surface area contributed by atoms with E-state index in [2.05, 4.69) is 0 Å². The van der Waals surface area contributed by atoms with Crippen LogP contribution in [0.4, 0.5) is 0 Å². The number of epoxide rings is 3. The average molecular weight is 266 g/mol. The molecule has 0 amide bonds. The minimum Gasteiger partial charge on any atom is -0.481 e. The van der Waals surface area contributed by atoms with E-state index in [1.54, 1.807) is 0 Å². The van der Waals surface area contributed by atoms with Crippen molar-refractivity contribution in [3.63, 3.8) is 0 Å². The summed E-state index contributed by atoms with van der Waals surface area (Å²) in [5, 5.41) is 9.43. The maximum absolute atomic E-state index is 11.5. The molecule has 5 aliphatic rings. The molecular formula is C14H18O5. The lowest BCUT2D eigenvalue weighted by Gasteiger charge is -2.29. The van der Waals surface area contributed by atoms with Gasteiger partial charge in [-0.25, -0.2) is 0 Å². The summed E-state index contributed by atoms with van der Waals surface area (Å²) in [6, 6.07) is 0. The van der Waals surface area contributed by atoms with Gasteiger partial charge in [0.1, 0.15) is 0 Å². The number of carbonyl (C=O) groups is 1. The highest BCUT2D eigenvalue weighted by Crippen LogP contribution is 2.78. The molecule has 3 heterocycles. The standard InChI is InChI=1S/C14H18O5/c15-12(16)8-3-4-13-14(18-13,19-13)9(8)5-7-1-2-10-11(6-7)17-10/h7-11H,1-6H2,(H,15,16). The molecule has 5 fully saturated rings. The third-order valence-electron chi connectivity index (χ3n) is 5.86. The molecule has 5 rings (SSSR count). The predicted octanol–water partition coefficient (Wildman–Crippen LogP) is 1.51. The molecular weight excluding hydrogens is 248 g/mol. The summed E-state index contributed by atoms with van der Waals surface area (Å²) >= 11 is 0. The first-order valence-electron chi connectivity index (χ1n) is 7.42. The number of rotatable bonds is 3. The van der Waals surface area contributed by atoms with Crippen molar-refractivity contribution >= 4 is 5.97 Å². The Labute approximate surface area is 111 Å². The van der Waals surface area contributed by atoms with E-state index in [1.165, 1.54) is 0 Å². The predicted molar refractivity (Wildman–Crippen MR) is 62.1 cm³/mol. The Bertz CT molecular complexity index is 455. The smallest absolute Gasteiger partial charge is 0.306 e. The molecule has 0 aromatic carbocycles. The number of carboxylic acid groups (broad SMARTS) is 1. The molecule has 0 aromatic heterocycles.